The average Bonchev–Trinajstić information content (AvgIpc) is 3.34. The second-order valence-corrected chi connectivity index (χ2v) is 12.7. The summed E-state index contributed by atoms with van der Waals surface area (Å²) in [4.78, 5) is 35.5. The van der Waals surface area contributed by atoms with Crippen molar-refractivity contribution in [1.29, 1.82) is 0 Å². The van der Waals surface area contributed by atoms with Gasteiger partial charge in [0.05, 0.1) is 35.1 Å². The number of aromatic nitrogens is 2. The normalized spacial score (nSPS) is 18.9. The molecule has 0 saturated heterocycles. The Morgan fingerprint density at radius 1 is 1.18 bits per heavy atom. The first-order chi connectivity index (χ1) is 21.4. The molecule has 2 aromatic carbocycles. The van der Waals surface area contributed by atoms with Crippen LogP contribution in [-0.4, -0.2) is 47.2 Å². The van der Waals surface area contributed by atoms with Crippen LogP contribution in [0.2, 0.25) is 10.0 Å². The van der Waals surface area contributed by atoms with E-state index >= 15 is 0 Å². The first-order valence-electron chi connectivity index (χ1n) is 14.5. The number of rotatable bonds is 8. The van der Waals surface area contributed by atoms with Gasteiger partial charge in [0.25, 0.3) is 5.91 Å². The molecule has 1 aliphatic heterocycles. The lowest BCUT2D eigenvalue weighted by molar-refractivity contribution is -0.123. The van der Waals surface area contributed by atoms with Gasteiger partial charge in [0, 0.05) is 22.1 Å². The molecule has 2 aliphatic rings. The number of halogens is 3. The van der Waals surface area contributed by atoms with Gasteiger partial charge in [0.15, 0.2) is 0 Å². The molecule has 1 saturated carbocycles. The SMILES string of the molecule is COc1cc(C(=O)NC[C@](O)(c2cc3c(c(-c4ccc(Cl)c(F)c4)n2)OC[C@]3(C)C(N)=O)C2CCC2)cc2cc(Cl)c(C)nc12. The number of methoxy groups -OCH3 is 1. The van der Waals surface area contributed by atoms with Crippen molar-refractivity contribution in [3.05, 3.63) is 80.8 Å². The maximum Gasteiger partial charge on any atom is 0.251 e. The number of hydrogen-bond acceptors (Lipinski definition) is 7. The number of primary amides is 1. The van der Waals surface area contributed by atoms with Crippen LogP contribution in [0.15, 0.2) is 42.5 Å². The Kier molecular flexibility index (Phi) is 7.87. The van der Waals surface area contributed by atoms with E-state index in [2.05, 4.69) is 10.3 Å². The molecule has 2 amide bonds. The minimum absolute atomic E-state index is 0.0489. The Labute approximate surface area is 268 Å². The lowest BCUT2D eigenvalue weighted by atomic mass is 9.70. The molecule has 0 radical (unpaired) electrons. The molecule has 2 atom stereocenters. The van der Waals surface area contributed by atoms with E-state index in [1.54, 1.807) is 44.2 Å². The number of hydrogen-bond donors (Lipinski definition) is 3. The molecular weight excluding hydrogens is 622 g/mol. The number of carbonyl (C=O) groups excluding carboxylic acids is 2. The highest BCUT2D eigenvalue weighted by molar-refractivity contribution is 6.32. The molecule has 6 rings (SSSR count). The van der Waals surface area contributed by atoms with E-state index in [0.29, 0.717) is 51.3 Å². The average molecular weight is 654 g/mol. The number of fused-ring (bicyclic) bond motifs is 2. The van der Waals surface area contributed by atoms with Gasteiger partial charge in [-0.15, -0.1) is 0 Å². The van der Waals surface area contributed by atoms with Crippen LogP contribution in [0, 0.1) is 18.7 Å². The van der Waals surface area contributed by atoms with E-state index in [0.717, 1.165) is 6.42 Å². The summed E-state index contributed by atoms with van der Waals surface area (Å²) in [6, 6.07) is 10.8. The fraction of sp³-hybridized carbons (Fsp3) is 0.333. The van der Waals surface area contributed by atoms with Crippen molar-refractivity contribution >= 4 is 45.9 Å². The highest BCUT2D eigenvalue weighted by Crippen LogP contribution is 2.48. The zero-order valence-electron chi connectivity index (χ0n) is 24.8. The van der Waals surface area contributed by atoms with Gasteiger partial charge in [0.1, 0.15) is 46.1 Å². The molecule has 0 spiro atoms. The first-order valence-corrected chi connectivity index (χ1v) is 15.2. The van der Waals surface area contributed by atoms with E-state index in [-0.39, 0.29) is 46.8 Å². The Balaban J connectivity index is 1.42. The monoisotopic (exact) mass is 652 g/mol. The molecule has 0 unspecified atom stereocenters. The van der Waals surface area contributed by atoms with Crippen LogP contribution < -0.4 is 20.5 Å². The molecule has 4 N–H and O–H groups in total. The van der Waals surface area contributed by atoms with E-state index in [1.807, 2.05) is 0 Å². The summed E-state index contributed by atoms with van der Waals surface area (Å²) in [7, 11) is 1.49. The molecule has 234 valence electrons. The van der Waals surface area contributed by atoms with Crippen LogP contribution in [0.1, 0.15) is 53.5 Å². The summed E-state index contributed by atoms with van der Waals surface area (Å²) in [5.41, 5.74) is 5.62. The first kappa shape index (κ1) is 31.0. The number of nitrogens with zero attached hydrogens (tertiary/aromatic N) is 2. The maximum absolute atomic E-state index is 14.6. The number of benzene rings is 2. The Morgan fingerprint density at radius 2 is 1.93 bits per heavy atom. The van der Waals surface area contributed by atoms with Gasteiger partial charge < -0.3 is 25.6 Å². The number of nitrogens with two attached hydrogens (primary N) is 1. The minimum atomic E-state index is -1.65. The van der Waals surface area contributed by atoms with E-state index < -0.39 is 28.6 Å². The van der Waals surface area contributed by atoms with Crippen molar-refractivity contribution in [3.63, 3.8) is 0 Å². The van der Waals surface area contributed by atoms with E-state index in [1.165, 1.54) is 19.2 Å². The second-order valence-electron chi connectivity index (χ2n) is 11.9. The van der Waals surface area contributed by atoms with Crippen LogP contribution in [0.3, 0.4) is 0 Å². The summed E-state index contributed by atoms with van der Waals surface area (Å²) in [6.45, 7) is 3.19. The molecule has 2 aromatic heterocycles. The fourth-order valence-electron chi connectivity index (χ4n) is 5.90. The van der Waals surface area contributed by atoms with Crippen LogP contribution in [0.4, 0.5) is 4.39 Å². The topological polar surface area (TPSA) is 137 Å². The van der Waals surface area contributed by atoms with Crippen LogP contribution in [0.25, 0.3) is 22.2 Å². The fourth-order valence-corrected chi connectivity index (χ4v) is 6.18. The summed E-state index contributed by atoms with van der Waals surface area (Å²) < 4.78 is 26.0. The number of ether oxygens (including phenoxy) is 2. The summed E-state index contributed by atoms with van der Waals surface area (Å²) in [6.07, 6.45) is 2.26. The summed E-state index contributed by atoms with van der Waals surface area (Å²) in [5, 5.41) is 16.2. The van der Waals surface area contributed by atoms with Gasteiger partial charge >= 0.3 is 0 Å². The molecule has 45 heavy (non-hydrogen) atoms. The predicted molar refractivity (Wildman–Crippen MR) is 168 cm³/mol. The van der Waals surface area contributed by atoms with Gasteiger partial charge in [-0.25, -0.2) is 14.4 Å². The summed E-state index contributed by atoms with van der Waals surface area (Å²) >= 11 is 12.3. The third-order valence-electron chi connectivity index (χ3n) is 9.05. The number of carbonyl (C=O) groups is 2. The quantitative estimate of drug-likeness (QED) is 0.225. The van der Waals surface area contributed by atoms with Gasteiger partial charge in [-0.05, 0) is 69.0 Å². The van der Waals surface area contributed by atoms with Gasteiger partial charge in [-0.1, -0.05) is 35.7 Å². The molecular formula is C33H31Cl2FN4O5. The number of nitrogens with one attached hydrogen (secondary N) is 1. The minimum Gasteiger partial charge on any atom is -0.494 e. The summed E-state index contributed by atoms with van der Waals surface area (Å²) in [5.74, 6) is -1.33. The van der Waals surface area contributed by atoms with Crippen LogP contribution in [-0.2, 0) is 15.8 Å². The molecule has 3 heterocycles. The molecule has 1 fully saturated rings. The number of aliphatic hydroxyl groups is 1. The molecule has 12 heteroatoms. The van der Waals surface area contributed by atoms with Crippen LogP contribution in [0.5, 0.6) is 11.5 Å². The standard InChI is InChI=1S/C33H31Cl2FN4O5/c1-16-23(35)10-18-9-19(12-25(44-3)27(18)39-16)30(41)38-14-33(43,20-5-4-6-20)26-13-21-29(45-15-32(21,2)31(37)42)28(40-26)17-7-8-22(34)24(36)11-17/h7-13,20,43H,4-6,14-15H2,1-3H3,(H2,37,42)(H,38,41)/t32-,33+/m0/s1. The number of aryl methyl sites for hydroxylation is 1. The number of amides is 2. The van der Waals surface area contributed by atoms with Gasteiger partial charge in [0.2, 0.25) is 5.91 Å². The third kappa shape index (κ3) is 5.24. The molecule has 0 bridgehead atoms. The zero-order chi connectivity index (χ0) is 32.3. The highest BCUT2D eigenvalue weighted by Gasteiger charge is 2.48. The van der Waals surface area contributed by atoms with Crippen molar-refractivity contribution in [1.82, 2.24) is 15.3 Å². The lowest BCUT2D eigenvalue weighted by Gasteiger charge is -2.41. The van der Waals surface area contributed by atoms with Crippen molar-refractivity contribution in [2.24, 2.45) is 11.7 Å². The van der Waals surface area contributed by atoms with Gasteiger partial charge in [-0.2, -0.15) is 0 Å². The zero-order valence-corrected chi connectivity index (χ0v) is 26.4. The lowest BCUT2D eigenvalue weighted by Crippen LogP contribution is -2.49. The predicted octanol–water partition coefficient (Wildman–Crippen LogP) is 5.61. The molecule has 1 aliphatic carbocycles. The Morgan fingerprint density at radius 3 is 2.58 bits per heavy atom. The van der Waals surface area contributed by atoms with Crippen LogP contribution >= 0.6 is 23.2 Å². The third-order valence-corrected chi connectivity index (χ3v) is 9.74. The highest BCUT2D eigenvalue weighted by atomic mass is 35.5. The maximum atomic E-state index is 14.6. The Bertz CT molecular complexity index is 1880. The van der Waals surface area contributed by atoms with Crippen molar-refractivity contribution in [2.75, 3.05) is 20.3 Å². The smallest absolute Gasteiger partial charge is 0.251 e. The van der Waals surface area contributed by atoms with Gasteiger partial charge in [-0.3, -0.25) is 9.59 Å². The van der Waals surface area contributed by atoms with E-state index in [9.17, 15) is 19.1 Å². The van der Waals surface area contributed by atoms with Crippen molar-refractivity contribution in [3.8, 4) is 22.8 Å². The Hall–Kier alpha value is -3.99. The van der Waals surface area contributed by atoms with E-state index in [4.69, 9.17) is 43.4 Å². The van der Waals surface area contributed by atoms with Crippen molar-refractivity contribution < 1.29 is 28.6 Å². The van der Waals surface area contributed by atoms with Crippen molar-refractivity contribution in [2.45, 2.75) is 44.1 Å². The molecule has 9 nitrogen and oxygen atoms in total. The number of pyridine rings is 2. The second kappa shape index (κ2) is 11.4. The largest absolute Gasteiger partial charge is 0.494 e. The molecule has 4 aromatic rings.